The highest BCUT2D eigenvalue weighted by Crippen LogP contribution is 2.34. The standard InChI is InChI=1S/C13H17FN4S2/c1-8(15-2)9-5-6-11(10(14)7-9)19-13-17-16-12(20-13)18(3)4/h5-8,15H,1-4H3. The maximum atomic E-state index is 14.1. The van der Waals surface area contributed by atoms with E-state index >= 15 is 0 Å². The summed E-state index contributed by atoms with van der Waals surface area (Å²) in [6, 6.07) is 5.42. The van der Waals surface area contributed by atoms with E-state index in [1.54, 1.807) is 12.1 Å². The first-order valence-electron chi connectivity index (χ1n) is 6.16. The number of hydrogen-bond donors (Lipinski definition) is 1. The van der Waals surface area contributed by atoms with Crippen molar-refractivity contribution >= 4 is 28.2 Å². The van der Waals surface area contributed by atoms with Gasteiger partial charge in [-0.05, 0) is 31.7 Å². The van der Waals surface area contributed by atoms with Crippen LogP contribution in [0, 0.1) is 5.82 Å². The molecule has 1 unspecified atom stereocenters. The highest BCUT2D eigenvalue weighted by Gasteiger charge is 2.12. The first-order valence-corrected chi connectivity index (χ1v) is 7.80. The third-order valence-electron chi connectivity index (χ3n) is 2.86. The van der Waals surface area contributed by atoms with Crippen molar-refractivity contribution in [1.82, 2.24) is 15.5 Å². The number of nitrogens with one attached hydrogen (secondary N) is 1. The summed E-state index contributed by atoms with van der Waals surface area (Å²) >= 11 is 2.75. The fourth-order valence-electron chi connectivity index (χ4n) is 1.55. The summed E-state index contributed by atoms with van der Waals surface area (Å²) in [7, 11) is 5.67. The summed E-state index contributed by atoms with van der Waals surface area (Å²) in [4.78, 5) is 2.45. The average Bonchev–Trinajstić information content (AvgIpc) is 2.89. The van der Waals surface area contributed by atoms with Gasteiger partial charge in [0.2, 0.25) is 5.13 Å². The van der Waals surface area contributed by atoms with E-state index in [0.717, 1.165) is 15.0 Å². The normalized spacial score (nSPS) is 12.4. The lowest BCUT2D eigenvalue weighted by Gasteiger charge is -2.11. The maximum absolute atomic E-state index is 14.1. The topological polar surface area (TPSA) is 41.1 Å². The molecule has 0 aliphatic rings. The lowest BCUT2D eigenvalue weighted by molar-refractivity contribution is 0.587. The largest absolute Gasteiger partial charge is 0.353 e. The fraction of sp³-hybridized carbons (Fsp3) is 0.385. The molecular weight excluding hydrogens is 295 g/mol. The van der Waals surface area contributed by atoms with Crippen molar-refractivity contribution in [3.8, 4) is 0 Å². The van der Waals surface area contributed by atoms with Gasteiger partial charge in [-0.15, -0.1) is 10.2 Å². The minimum absolute atomic E-state index is 0.130. The highest BCUT2D eigenvalue weighted by molar-refractivity contribution is 8.01. The molecule has 1 N–H and O–H groups in total. The first kappa shape index (κ1) is 15.2. The van der Waals surface area contributed by atoms with Gasteiger partial charge < -0.3 is 10.2 Å². The molecule has 108 valence electrons. The van der Waals surface area contributed by atoms with Gasteiger partial charge in [-0.25, -0.2) is 4.39 Å². The summed E-state index contributed by atoms with van der Waals surface area (Å²) in [5.41, 5.74) is 0.931. The molecule has 7 heteroatoms. The molecule has 0 aliphatic carbocycles. The molecule has 1 aromatic heterocycles. The third kappa shape index (κ3) is 3.47. The van der Waals surface area contributed by atoms with Gasteiger partial charge in [-0.3, -0.25) is 0 Å². The van der Waals surface area contributed by atoms with E-state index in [0.29, 0.717) is 4.90 Å². The van der Waals surface area contributed by atoms with Crippen molar-refractivity contribution in [3.63, 3.8) is 0 Å². The van der Waals surface area contributed by atoms with Crippen LogP contribution in [0.25, 0.3) is 0 Å². The summed E-state index contributed by atoms with van der Waals surface area (Å²) < 4.78 is 14.8. The molecule has 1 atom stereocenters. The summed E-state index contributed by atoms with van der Waals surface area (Å²) in [5.74, 6) is -0.226. The molecule has 2 rings (SSSR count). The second kappa shape index (κ2) is 6.51. The Morgan fingerprint density at radius 3 is 2.65 bits per heavy atom. The lowest BCUT2D eigenvalue weighted by Crippen LogP contribution is -2.12. The molecule has 0 spiro atoms. The van der Waals surface area contributed by atoms with Crippen molar-refractivity contribution in [2.45, 2.75) is 22.2 Å². The van der Waals surface area contributed by atoms with Gasteiger partial charge in [0.15, 0.2) is 4.34 Å². The maximum Gasteiger partial charge on any atom is 0.208 e. The molecule has 20 heavy (non-hydrogen) atoms. The number of hydrogen-bond acceptors (Lipinski definition) is 6. The molecule has 0 fully saturated rings. The van der Waals surface area contributed by atoms with Gasteiger partial charge in [0.1, 0.15) is 5.82 Å². The van der Waals surface area contributed by atoms with Crippen LogP contribution in [0.5, 0.6) is 0 Å². The summed E-state index contributed by atoms with van der Waals surface area (Å²) in [6.07, 6.45) is 0. The molecule has 1 heterocycles. The van der Waals surface area contributed by atoms with Crippen LogP contribution in [0.3, 0.4) is 0 Å². The number of rotatable bonds is 5. The van der Waals surface area contributed by atoms with Crippen LogP contribution in [0.15, 0.2) is 27.4 Å². The van der Waals surface area contributed by atoms with Crippen LogP contribution >= 0.6 is 23.1 Å². The average molecular weight is 312 g/mol. The molecular formula is C13H17FN4S2. The number of halogens is 1. The monoisotopic (exact) mass is 312 g/mol. The lowest BCUT2D eigenvalue weighted by atomic mass is 10.1. The van der Waals surface area contributed by atoms with Crippen LogP contribution in [0.1, 0.15) is 18.5 Å². The highest BCUT2D eigenvalue weighted by atomic mass is 32.2. The molecule has 0 saturated carbocycles. The number of nitrogens with zero attached hydrogens (tertiary/aromatic N) is 3. The molecule has 0 bridgehead atoms. The van der Waals surface area contributed by atoms with Crippen LogP contribution in [0.2, 0.25) is 0 Å². The minimum atomic E-state index is -0.226. The van der Waals surface area contributed by atoms with Gasteiger partial charge in [0, 0.05) is 20.1 Å². The Morgan fingerprint density at radius 2 is 2.10 bits per heavy atom. The zero-order valence-corrected chi connectivity index (χ0v) is 13.5. The van der Waals surface area contributed by atoms with Gasteiger partial charge in [0.05, 0.1) is 4.90 Å². The predicted octanol–water partition coefficient (Wildman–Crippen LogP) is 3.17. The van der Waals surface area contributed by atoms with E-state index in [-0.39, 0.29) is 11.9 Å². The van der Waals surface area contributed by atoms with E-state index in [4.69, 9.17) is 0 Å². The molecule has 0 radical (unpaired) electrons. The van der Waals surface area contributed by atoms with E-state index in [9.17, 15) is 4.39 Å². The Morgan fingerprint density at radius 1 is 1.35 bits per heavy atom. The van der Waals surface area contributed by atoms with Crippen molar-refractivity contribution < 1.29 is 4.39 Å². The predicted molar refractivity (Wildman–Crippen MR) is 82.2 cm³/mol. The van der Waals surface area contributed by atoms with Crippen LogP contribution in [-0.4, -0.2) is 31.3 Å². The zero-order valence-electron chi connectivity index (χ0n) is 11.8. The van der Waals surface area contributed by atoms with Crippen molar-refractivity contribution in [3.05, 3.63) is 29.6 Å². The number of anilines is 1. The van der Waals surface area contributed by atoms with E-state index in [1.807, 2.05) is 39.0 Å². The van der Waals surface area contributed by atoms with Gasteiger partial charge in [0.25, 0.3) is 0 Å². The Labute approximate surface area is 126 Å². The SMILES string of the molecule is CNC(C)c1ccc(Sc2nnc(N(C)C)s2)c(F)c1. The van der Waals surface area contributed by atoms with Crippen molar-refractivity contribution in [1.29, 1.82) is 0 Å². The molecule has 2 aromatic rings. The van der Waals surface area contributed by atoms with Gasteiger partial charge in [-0.1, -0.05) is 29.2 Å². The third-order valence-corrected chi connectivity index (χ3v) is 5.06. The second-order valence-corrected chi connectivity index (χ2v) is 6.79. The molecule has 0 saturated heterocycles. The van der Waals surface area contributed by atoms with Gasteiger partial charge in [-0.2, -0.15) is 0 Å². The summed E-state index contributed by atoms with van der Waals surface area (Å²) in [6.45, 7) is 2.00. The smallest absolute Gasteiger partial charge is 0.208 e. The quantitative estimate of drug-likeness (QED) is 0.918. The molecule has 0 amide bonds. The van der Waals surface area contributed by atoms with Crippen LogP contribution in [0.4, 0.5) is 9.52 Å². The Kier molecular flexibility index (Phi) is 4.95. The molecule has 0 aliphatic heterocycles. The Balaban J connectivity index is 2.16. The minimum Gasteiger partial charge on any atom is -0.353 e. The van der Waals surface area contributed by atoms with Gasteiger partial charge >= 0.3 is 0 Å². The van der Waals surface area contributed by atoms with Crippen LogP contribution in [-0.2, 0) is 0 Å². The van der Waals surface area contributed by atoms with E-state index in [2.05, 4.69) is 15.5 Å². The Hall–Kier alpha value is -1.18. The zero-order chi connectivity index (χ0) is 14.7. The van der Waals surface area contributed by atoms with E-state index in [1.165, 1.54) is 23.1 Å². The number of aromatic nitrogens is 2. The summed E-state index contributed by atoms with van der Waals surface area (Å²) in [5, 5.41) is 12.0. The van der Waals surface area contributed by atoms with Crippen molar-refractivity contribution in [2.24, 2.45) is 0 Å². The van der Waals surface area contributed by atoms with Crippen LogP contribution < -0.4 is 10.2 Å². The first-order chi connectivity index (χ1) is 9.51. The van der Waals surface area contributed by atoms with E-state index < -0.39 is 0 Å². The Bertz CT molecular complexity index is 586. The molecule has 4 nitrogen and oxygen atoms in total. The van der Waals surface area contributed by atoms with Crippen molar-refractivity contribution in [2.75, 3.05) is 26.0 Å². The second-order valence-electron chi connectivity index (χ2n) is 4.55. The molecule has 1 aromatic carbocycles. The number of benzene rings is 1. The fourth-order valence-corrected chi connectivity index (χ4v) is 3.28.